The fourth-order valence-corrected chi connectivity index (χ4v) is 10.1. The quantitative estimate of drug-likeness (QED) is 0.124. The summed E-state index contributed by atoms with van der Waals surface area (Å²) in [7, 11) is 0. The van der Waals surface area contributed by atoms with Crippen molar-refractivity contribution in [3.8, 4) is 62.0 Å². The Morgan fingerprint density at radius 2 is 0.800 bits per heavy atom. The number of aromatic nitrogens is 4. The van der Waals surface area contributed by atoms with E-state index in [4.69, 9.17) is 15.0 Å². The van der Waals surface area contributed by atoms with Gasteiger partial charge in [0.15, 0.2) is 5.82 Å². The summed E-state index contributed by atoms with van der Waals surface area (Å²) in [4.78, 5) is 16.3. The second-order valence-electron chi connectivity index (χ2n) is 16.7. The Morgan fingerprint density at radius 1 is 0.292 bits per heavy atom. The van der Waals surface area contributed by atoms with Gasteiger partial charge >= 0.3 is 0 Å². The average Bonchev–Trinajstić information content (AvgIpc) is 3.73. The summed E-state index contributed by atoms with van der Waals surface area (Å²) in [5.41, 5.74) is 13.7. The Labute approximate surface area is 375 Å². The van der Waals surface area contributed by atoms with Crippen molar-refractivity contribution < 1.29 is 0 Å². The maximum atomic E-state index is 5.57. The van der Waals surface area contributed by atoms with Gasteiger partial charge in [0.2, 0.25) is 0 Å². The second-order valence-corrected chi connectivity index (χ2v) is 16.7. The third-order valence-electron chi connectivity index (χ3n) is 13.0. The molecule has 4 heteroatoms. The Kier molecular flexibility index (Phi) is 8.50. The summed E-state index contributed by atoms with van der Waals surface area (Å²) in [6.07, 6.45) is 0. The second kappa shape index (κ2) is 15.0. The van der Waals surface area contributed by atoms with E-state index in [9.17, 15) is 0 Å². The largest absolute Gasteiger partial charge is 0.309 e. The minimum atomic E-state index is 0.699. The summed E-state index contributed by atoms with van der Waals surface area (Å²) in [6, 6.07) is 82.0. The highest BCUT2D eigenvalue weighted by Gasteiger charge is 2.23. The van der Waals surface area contributed by atoms with Crippen LogP contribution in [-0.2, 0) is 0 Å². The van der Waals surface area contributed by atoms with E-state index in [0.717, 1.165) is 93.9 Å². The van der Waals surface area contributed by atoms with Crippen LogP contribution in [0.2, 0.25) is 0 Å². The fourth-order valence-electron chi connectivity index (χ4n) is 10.1. The van der Waals surface area contributed by atoms with E-state index in [1.807, 2.05) is 12.1 Å². The Hall–Kier alpha value is -8.73. The van der Waals surface area contributed by atoms with Crippen molar-refractivity contribution in [3.05, 3.63) is 231 Å². The molecule has 0 aliphatic rings. The normalized spacial score (nSPS) is 11.7. The van der Waals surface area contributed by atoms with Crippen molar-refractivity contribution in [1.82, 2.24) is 19.5 Å². The molecule has 13 aromatic rings. The molecule has 3 heterocycles. The molecule has 3 aromatic heterocycles. The molecular weight excluding hydrogens is 789 g/mol. The van der Waals surface area contributed by atoms with Gasteiger partial charge in [-0.1, -0.05) is 188 Å². The van der Waals surface area contributed by atoms with Crippen LogP contribution >= 0.6 is 0 Å². The zero-order valence-electron chi connectivity index (χ0n) is 35.2. The highest BCUT2D eigenvalue weighted by atomic mass is 15.0. The molecule has 0 saturated heterocycles. The number of benzene rings is 10. The van der Waals surface area contributed by atoms with E-state index in [1.165, 1.54) is 27.2 Å². The van der Waals surface area contributed by atoms with Crippen LogP contribution in [0, 0.1) is 0 Å². The van der Waals surface area contributed by atoms with E-state index >= 15 is 0 Å². The maximum absolute atomic E-state index is 5.57. The van der Waals surface area contributed by atoms with Crippen molar-refractivity contribution in [2.24, 2.45) is 0 Å². The lowest BCUT2D eigenvalue weighted by Crippen LogP contribution is -1.98. The topological polar surface area (TPSA) is 43.6 Å². The summed E-state index contributed by atoms with van der Waals surface area (Å²) in [5, 5.41) is 10.3. The predicted molar refractivity (Wildman–Crippen MR) is 271 cm³/mol. The van der Waals surface area contributed by atoms with Gasteiger partial charge in [-0.2, -0.15) is 0 Å². The maximum Gasteiger partial charge on any atom is 0.161 e. The van der Waals surface area contributed by atoms with Crippen molar-refractivity contribution in [1.29, 1.82) is 0 Å². The molecule has 0 unspecified atom stereocenters. The number of hydrogen-bond donors (Lipinski definition) is 0. The first-order valence-electron chi connectivity index (χ1n) is 22.1. The van der Waals surface area contributed by atoms with E-state index in [1.54, 1.807) is 0 Å². The molecule has 10 aromatic carbocycles. The minimum absolute atomic E-state index is 0.699. The number of nitrogens with zero attached hydrogens (tertiary/aromatic N) is 4. The van der Waals surface area contributed by atoms with E-state index in [2.05, 4.69) is 223 Å². The zero-order chi connectivity index (χ0) is 42.8. The molecule has 0 bridgehead atoms. The first-order valence-corrected chi connectivity index (χ1v) is 22.1. The first kappa shape index (κ1) is 36.9. The Balaban J connectivity index is 1.10. The average molecular weight is 827 g/mol. The number of para-hydroxylation sites is 2. The van der Waals surface area contributed by atoms with Crippen LogP contribution in [0.15, 0.2) is 231 Å². The van der Waals surface area contributed by atoms with Crippen molar-refractivity contribution in [2.45, 2.75) is 0 Å². The first-order chi connectivity index (χ1) is 32.3. The van der Waals surface area contributed by atoms with Gasteiger partial charge in [-0.15, -0.1) is 0 Å². The smallest absolute Gasteiger partial charge is 0.161 e. The molecule has 0 spiro atoms. The van der Waals surface area contributed by atoms with Crippen LogP contribution in [0.4, 0.5) is 0 Å². The molecule has 0 atom stereocenters. The predicted octanol–water partition coefficient (Wildman–Crippen LogP) is 15.9. The van der Waals surface area contributed by atoms with Crippen molar-refractivity contribution in [3.63, 3.8) is 0 Å². The van der Waals surface area contributed by atoms with Crippen molar-refractivity contribution >= 4 is 65.0 Å². The van der Waals surface area contributed by atoms with Crippen LogP contribution in [-0.4, -0.2) is 19.5 Å². The van der Waals surface area contributed by atoms with Gasteiger partial charge in [-0.3, -0.25) is 0 Å². The molecule has 302 valence electrons. The van der Waals surface area contributed by atoms with Gasteiger partial charge in [0.1, 0.15) is 0 Å². The molecule has 0 radical (unpaired) electrons. The van der Waals surface area contributed by atoms with Gasteiger partial charge in [-0.25, -0.2) is 15.0 Å². The molecule has 0 aliphatic carbocycles. The molecule has 13 rings (SSSR count). The van der Waals surface area contributed by atoms with Gasteiger partial charge in [0.25, 0.3) is 0 Å². The number of hydrogen-bond acceptors (Lipinski definition) is 3. The third kappa shape index (κ3) is 5.96. The van der Waals surface area contributed by atoms with E-state index < -0.39 is 0 Å². The SMILES string of the molecule is c1ccc(-c2cc(-c3ccccc3)nc(-c3c4ccccc4c(-c4ccc5nc(-c6ccccc6)c6c(ccc7c6c6ccccc6n7-c6ccccc6)c5c4)c4ccccc34)n2)cc1. The van der Waals surface area contributed by atoms with Gasteiger partial charge in [0, 0.05) is 49.5 Å². The molecule has 65 heavy (non-hydrogen) atoms. The standard InChI is InChI=1S/C61H38N4/c1-5-19-39(20-6-1)52-38-53(40-21-7-2-8-22-40)64-61(63-52)57-46-29-15-13-27-44(46)56(45-28-14-16-30-47(45)57)42-33-35-51-50(37-42)48-34-36-55-58(59(48)60(62-51)41-23-9-3-10-24-41)49-31-17-18-32-54(49)65(55)43-25-11-4-12-26-43/h1-38H. The molecule has 4 nitrogen and oxygen atoms in total. The number of pyridine rings is 1. The molecule has 0 saturated carbocycles. The highest BCUT2D eigenvalue weighted by Crippen LogP contribution is 2.47. The lowest BCUT2D eigenvalue weighted by atomic mass is 9.87. The van der Waals surface area contributed by atoms with Gasteiger partial charge < -0.3 is 4.57 Å². The Bertz CT molecular complexity index is 3860. The van der Waals surface area contributed by atoms with Gasteiger partial charge in [0.05, 0.1) is 33.6 Å². The number of fused-ring (bicyclic) bond motifs is 9. The molecule has 0 fully saturated rings. The Morgan fingerprint density at radius 3 is 1.40 bits per heavy atom. The fraction of sp³-hybridized carbons (Fsp3) is 0. The third-order valence-corrected chi connectivity index (χ3v) is 13.0. The molecular formula is C61H38N4. The monoisotopic (exact) mass is 826 g/mol. The molecule has 0 amide bonds. The molecule has 0 N–H and O–H groups in total. The van der Waals surface area contributed by atoms with Crippen LogP contribution in [0.5, 0.6) is 0 Å². The van der Waals surface area contributed by atoms with E-state index in [-0.39, 0.29) is 0 Å². The summed E-state index contributed by atoms with van der Waals surface area (Å²) >= 11 is 0. The van der Waals surface area contributed by atoms with Crippen LogP contribution in [0.25, 0.3) is 127 Å². The minimum Gasteiger partial charge on any atom is -0.309 e. The van der Waals surface area contributed by atoms with Crippen LogP contribution in [0.1, 0.15) is 0 Å². The zero-order valence-corrected chi connectivity index (χ0v) is 35.2. The van der Waals surface area contributed by atoms with Crippen LogP contribution < -0.4 is 0 Å². The lowest BCUT2D eigenvalue weighted by molar-refractivity contribution is 1.18. The highest BCUT2D eigenvalue weighted by molar-refractivity contribution is 6.29. The van der Waals surface area contributed by atoms with Crippen LogP contribution in [0.3, 0.4) is 0 Å². The van der Waals surface area contributed by atoms with E-state index in [0.29, 0.717) is 5.82 Å². The lowest BCUT2D eigenvalue weighted by Gasteiger charge is -2.18. The van der Waals surface area contributed by atoms with Gasteiger partial charge in [-0.05, 0) is 80.5 Å². The number of rotatable bonds is 6. The summed E-state index contributed by atoms with van der Waals surface area (Å²) in [5.74, 6) is 0.699. The molecule has 0 aliphatic heterocycles. The van der Waals surface area contributed by atoms with Crippen molar-refractivity contribution in [2.75, 3.05) is 0 Å². The summed E-state index contributed by atoms with van der Waals surface area (Å²) in [6.45, 7) is 0. The summed E-state index contributed by atoms with van der Waals surface area (Å²) < 4.78 is 2.39.